The van der Waals surface area contributed by atoms with E-state index in [0.29, 0.717) is 17.7 Å². The Hall–Kier alpha value is -1.71. The normalized spacial score (nSPS) is 17.7. The van der Waals surface area contributed by atoms with Crippen molar-refractivity contribution in [2.45, 2.75) is 38.2 Å². The molecular weight excluding hydrogens is 398 g/mol. The molecule has 2 rings (SSSR count). The fraction of sp³-hybridized carbons (Fsp3) is 0.467. The summed E-state index contributed by atoms with van der Waals surface area (Å²) in [6.45, 7) is 0.145. The Morgan fingerprint density at radius 2 is 2.00 bits per heavy atom. The Labute approximate surface area is 157 Å². The third-order valence-electron chi connectivity index (χ3n) is 3.73. The number of nitrogens with two attached hydrogens (primary N) is 1. The van der Waals surface area contributed by atoms with Crippen LogP contribution in [0.1, 0.15) is 18.9 Å². The number of rotatable bonds is 4. The van der Waals surface area contributed by atoms with E-state index in [9.17, 15) is 22.8 Å². The van der Waals surface area contributed by atoms with Gasteiger partial charge in [-0.3, -0.25) is 9.69 Å². The number of carbonyl (C=O) groups excluding carboxylic acids is 2. The lowest BCUT2D eigenvalue weighted by Crippen LogP contribution is -2.49. The van der Waals surface area contributed by atoms with Gasteiger partial charge < -0.3 is 15.8 Å². The van der Waals surface area contributed by atoms with Crippen LogP contribution >= 0.6 is 23.2 Å². The lowest BCUT2D eigenvalue weighted by molar-refractivity contribution is -0.125. The summed E-state index contributed by atoms with van der Waals surface area (Å²) in [6.07, 6.45) is -6.68. The van der Waals surface area contributed by atoms with Crippen molar-refractivity contribution in [1.29, 1.82) is 0 Å². The van der Waals surface area contributed by atoms with Crippen molar-refractivity contribution in [3.05, 3.63) is 27.7 Å². The number of hydrogen-bond donors (Lipinski definition) is 2. The fourth-order valence-electron chi connectivity index (χ4n) is 2.45. The van der Waals surface area contributed by atoms with Crippen LogP contribution < -0.4 is 16.0 Å². The van der Waals surface area contributed by atoms with E-state index in [1.807, 2.05) is 0 Å². The Morgan fingerprint density at radius 3 is 2.58 bits per heavy atom. The van der Waals surface area contributed by atoms with E-state index >= 15 is 0 Å². The molecule has 3 N–H and O–H groups in total. The molecule has 0 bridgehead atoms. The minimum absolute atomic E-state index is 0.0494. The van der Waals surface area contributed by atoms with Crippen LogP contribution in [0.3, 0.4) is 0 Å². The molecule has 0 fully saturated rings. The van der Waals surface area contributed by atoms with Crippen molar-refractivity contribution in [3.63, 3.8) is 0 Å². The zero-order valence-corrected chi connectivity index (χ0v) is 15.1. The summed E-state index contributed by atoms with van der Waals surface area (Å²) in [7, 11) is 0. The smallest absolute Gasteiger partial charge is 0.409 e. The Bertz CT molecular complexity index is 715. The summed E-state index contributed by atoms with van der Waals surface area (Å²) in [5.41, 5.74) is 6.68. The second-order valence-electron chi connectivity index (χ2n) is 5.65. The average Bonchev–Trinajstić information content (AvgIpc) is 2.88. The van der Waals surface area contributed by atoms with Gasteiger partial charge in [-0.1, -0.05) is 30.1 Å². The zero-order chi connectivity index (χ0) is 19.6. The van der Waals surface area contributed by atoms with Gasteiger partial charge in [0.1, 0.15) is 6.54 Å². The zero-order valence-electron chi connectivity index (χ0n) is 13.6. The molecule has 0 aromatic heterocycles. The fourth-order valence-corrected chi connectivity index (χ4v) is 2.79. The van der Waals surface area contributed by atoms with Gasteiger partial charge in [-0.2, -0.15) is 13.2 Å². The Kier molecular flexibility index (Phi) is 6.25. The number of anilines is 1. The second kappa shape index (κ2) is 7.89. The molecule has 1 aromatic rings. The molecule has 26 heavy (non-hydrogen) atoms. The highest BCUT2D eigenvalue weighted by Gasteiger charge is 2.39. The first-order valence-electron chi connectivity index (χ1n) is 7.61. The third kappa shape index (κ3) is 4.72. The van der Waals surface area contributed by atoms with Crippen LogP contribution in [0.5, 0.6) is 0 Å². The standard InChI is InChI=1S/C15H16Cl2F3N3O3/c1-2-10(21)13(24)23-11-5-9(17)8(16)3-7(11)4-12(23)26-14(25)22-6-15(18,19)20/h3,5,10,12H,2,4,6,21H2,1H3,(H,22,25)/t10-,12-/m0/s1. The van der Waals surface area contributed by atoms with E-state index in [2.05, 4.69) is 0 Å². The molecule has 6 nitrogen and oxygen atoms in total. The minimum atomic E-state index is -4.58. The van der Waals surface area contributed by atoms with E-state index in [0.717, 1.165) is 4.90 Å². The summed E-state index contributed by atoms with van der Waals surface area (Å²) in [6, 6.07) is 2.06. The highest BCUT2D eigenvalue weighted by Crippen LogP contribution is 2.38. The van der Waals surface area contributed by atoms with Crippen LogP contribution in [0, 0.1) is 0 Å². The van der Waals surface area contributed by atoms with E-state index in [1.54, 1.807) is 12.2 Å². The first-order valence-corrected chi connectivity index (χ1v) is 8.37. The topological polar surface area (TPSA) is 84.7 Å². The lowest BCUT2D eigenvalue weighted by Gasteiger charge is -2.27. The van der Waals surface area contributed by atoms with Crippen molar-refractivity contribution >= 4 is 40.9 Å². The van der Waals surface area contributed by atoms with Crippen LogP contribution in [0.2, 0.25) is 10.0 Å². The molecule has 144 valence electrons. The molecule has 0 saturated heterocycles. The number of alkyl carbamates (subject to hydrolysis) is 1. The number of alkyl halides is 3. The maximum atomic E-state index is 12.6. The Balaban J connectivity index is 2.24. The maximum Gasteiger partial charge on any atom is 0.409 e. The molecular formula is C15H16Cl2F3N3O3. The minimum Gasteiger partial charge on any atom is -0.425 e. The number of halogens is 5. The van der Waals surface area contributed by atoms with Crippen LogP contribution in [0.25, 0.3) is 0 Å². The predicted octanol–water partition coefficient (Wildman–Crippen LogP) is 3.23. The number of ether oxygens (including phenoxy) is 1. The molecule has 1 heterocycles. The maximum absolute atomic E-state index is 12.6. The molecule has 1 aromatic carbocycles. The summed E-state index contributed by atoms with van der Waals surface area (Å²) in [4.78, 5) is 25.4. The number of amides is 2. The highest BCUT2D eigenvalue weighted by molar-refractivity contribution is 6.42. The molecule has 0 saturated carbocycles. The summed E-state index contributed by atoms with van der Waals surface area (Å²) >= 11 is 11.9. The monoisotopic (exact) mass is 413 g/mol. The van der Waals surface area contributed by atoms with E-state index in [4.69, 9.17) is 33.7 Å². The van der Waals surface area contributed by atoms with E-state index in [-0.39, 0.29) is 16.5 Å². The van der Waals surface area contributed by atoms with Gasteiger partial charge in [0, 0.05) is 6.42 Å². The van der Waals surface area contributed by atoms with Crippen molar-refractivity contribution in [1.82, 2.24) is 5.32 Å². The van der Waals surface area contributed by atoms with Crippen LogP contribution in [-0.2, 0) is 16.0 Å². The number of fused-ring (bicyclic) bond motifs is 1. The highest BCUT2D eigenvalue weighted by atomic mass is 35.5. The summed E-state index contributed by atoms with van der Waals surface area (Å²) < 4.78 is 41.6. The van der Waals surface area contributed by atoms with E-state index < -0.39 is 37.0 Å². The summed E-state index contributed by atoms with van der Waals surface area (Å²) in [5.74, 6) is -0.543. The van der Waals surface area contributed by atoms with E-state index in [1.165, 1.54) is 12.1 Å². The van der Waals surface area contributed by atoms with Gasteiger partial charge in [0.15, 0.2) is 6.23 Å². The first-order chi connectivity index (χ1) is 12.0. The average molecular weight is 414 g/mol. The van der Waals surface area contributed by atoms with Crippen LogP contribution in [-0.4, -0.2) is 37.0 Å². The molecule has 1 aliphatic rings. The van der Waals surface area contributed by atoms with Crippen molar-refractivity contribution in [2.24, 2.45) is 5.73 Å². The van der Waals surface area contributed by atoms with Gasteiger partial charge in [0.25, 0.3) is 0 Å². The molecule has 0 aliphatic carbocycles. The molecule has 1 aliphatic heterocycles. The van der Waals surface area contributed by atoms with Crippen LogP contribution in [0.15, 0.2) is 12.1 Å². The summed E-state index contributed by atoms with van der Waals surface area (Å²) in [5, 5.41) is 2.01. The number of hydrogen-bond acceptors (Lipinski definition) is 4. The van der Waals surface area contributed by atoms with Crippen molar-refractivity contribution in [3.8, 4) is 0 Å². The van der Waals surface area contributed by atoms with Gasteiger partial charge in [-0.15, -0.1) is 0 Å². The van der Waals surface area contributed by atoms with Gasteiger partial charge in [-0.05, 0) is 24.1 Å². The molecule has 0 unspecified atom stereocenters. The predicted molar refractivity (Wildman–Crippen MR) is 90.2 cm³/mol. The molecule has 11 heteroatoms. The molecule has 0 radical (unpaired) electrons. The second-order valence-corrected chi connectivity index (χ2v) is 6.47. The first kappa shape index (κ1) is 20.6. The van der Waals surface area contributed by atoms with Crippen molar-refractivity contribution in [2.75, 3.05) is 11.4 Å². The third-order valence-corrected chi connectivity index (χ3v) is 4.46. The SMILES string of the molecule is CC[C@H](N)C(=O)N1c2cc(Cl)c(Cl)cc2C[C@@H]1OC(=O)NCC(F)(F)F. The van der Waals surface area contributed by atoms with Gasteiger partial charge in [-0.25, -0.2) is 4.79 Å². The van der Waals surface area contributed by atoms with Gasteiger partial charge in [0.2, 0.25) is 5.91 Å². The number of carbonyl (C=O) groups is 2. The van der Waals surface area contributed by atoms with Gasteiger partial charge in [0.05, 0.1) is 21.8 Å². The Morgan fingerprint density at radius 1 is 1.38 bits per heavy atom. The molecule has 2 atom stereocenters. The number of nitrogens with zero attached hydrogens (tertiary/aromatic N) is 1. The van der Waals surface area contributed by atoms with Crippen molar-refractivity contribution < 1.29 is 27.5 Å². The lowest BCUT2D eigenvalue weighted by atomic mass is 10.1. The molecule has 0 spiro atoms. The quantitative estimate of drug-likeness (QED) is 0.793. The molecule has 2 amide bonds. The van der Waals surface area contributed by atoms with Gasteiger partial charge >= 0.3 is 12.3 Å². The van der Waals surface area contributed by atoms with Crippen LogP contribution in [0.4, 0.5) is 23.7 Å². The number of nitrogens with one attached hydrogen (secondary N) is 1. The number of benzene rings is 1. The largest absolute Gasteiger partial charge is 0.425 e.